The first kappa shape index (κ1) is 15.1. The number of halogens is 1. The van der Waals surface area contributed by atoms with E-state index >= 15 is 0 Å². The minimum absolute atomic E-state index is 0.155. The van der Waals surface area contributed by atoms with Gasteiger partial charge in [-0.25, -0.2) is 9.37 Å². The number of hydrogen-bond acceptors (Lipinski definition) is 4. The summed E-state index contributed by atoms with van der Waals surface area (Å²) in [5, 5.41) is 11.6. The molecule has 3 aromatic rings. The van der Waals surface area contributed by atoms with Crippen LogP contribution in [0.15, 0.2) is 48.9 Å². The summed E-state index contributed by atoms with van der Waals surface area (Å²) in [7, 11) is 0. The highest BCUT2D eigenvalue weighted by atomic mass is 19.1. The lowest BCUT2D eigenvalue weighted by Gasteiger charge is -2.25. The van der Waals surface area contributed by atoms with Gasteiger partial charge in [-0.3, -0.25) is 0 Å². The Morgan fingerprint density at radius 1 is 1.09 bits per heavy atom. The van der Waals surface area contributed by atoms with E-state index in [-0.39, 0.29) is 11.2 Å². The Bertz CT molecular complexity index is 749. The minimum atomic E-state index is -0.224. The molecule has 118 valence electrons. The molecule has 0 fully saturated rings. The molecule has 0 aliphatic heterocycles. The molecular formula is C17H18FN5. The standard InChI is InChI=1S/C17H18FN5/c1-17(2,12-3-5-13(18)6-4-12)10-20-16-8-7-14(22-23-16)15-9-19-11-21-15/h3-9,11H,10H2,1-2H3,(H,19,21)(H,20,23). The van der Waals surface area contributed by atoms with Crippen molar-refractivity contribution in [3.8, 4) is 11.4 Å². The number of nitrogens with zero attached hydrogens (tertiary/aromatic N) is 3. The lowest BCUT2D eigenvalue weighted by molar-refractivity contribution is 0.552. The van der Waals surface area contributed by atoms with E-state index in [1.165, 1.54) is 12.1 Å². The van der Waals surface area contributed by atoms with Crippen LogP contribution < -0.4 is 5.32 Å². The molecule has 1 aromatic carbocycles. The van der Waals surface area contributed by atoms with Crippen LogP contribution in [0.3, 0.4) is 0 Å². The summed E-state index contributed by atoms with van der Waals surface area (Å²) in [5.74, 6) is 0.473. The molecule has 0 amide bonds. The van der Waals surface area contributed by atoms with E-state index in [9.17, 15) is 4.39 Å². The van der Waals surface area contributed by atoms with Gasteiger partial charge in [-0.2, -0.15) is 0 Å². The van der Waals surface area contributed by atoms with Crippen molar-refractivity contribution in [3.63, 3.8) is 0 Å². The fourth-order valence-corrected chi connectivity index (χ4v) is 2.28. The van der Waals surface area contributed by atoms with E-state index in [4.69, 9.17) is 0 Å². The molecule has 2 heterocycles. The summed E-state index contributed by atoms with van der Waals surface area (Å²) in [6, 6.07) is 10.3. The number of aromatic amines is 1. The predicted molar refractivity (Wildman–Crippen MR) is 87.5 cm³/mol. The van der Waals surface area contributed by atoms with E-state index in [1.54, 1.807) is 12.5 Å². The van der Waals surface area contributed by atoms with Crippen LogP contribution in [-0.4, -0.2) is 26.7 Å². The highest BCUT2D eigenvalue weighted by Crippen LogP contribution is 2.24. The van der Waals surface area contributed by atoms with Gasteiger partial charge in [0.15, 0.2) is 0 Å². The highest BCUT2D eigenvalue weighted by Gasteiger charge is 2.20. The smallest absolute Gasteiger partial charge is 0.148 e. The maximum absolute atomic E-state index is 13.0. The third-order valence-electron chi connectivity index (χ3n) is 3.78. The summed E-state index contributed by atoms with van der Waals surface area (Å²) in [6.45, 7) is 4.86. The molecule has 2 aromatic heterocycles. The zero-order valence-electron chi connectivity index (χ0n) is 13.0. The van der Waals surface area contributed by atoms with Crippen LogP contribution in [0.5, 0.6) is 0 Å². The third-order valence-corrected chi connectivity index (χ3v) is 3.78. The first-order chi connectivity index (χ1) is 11.0. The molecule has 0 unspecified atom stereocenters. The fraction of sp³-hybridized carbons (Fsp3) is 0.235. The Kier molecular flexibility index (Phi) is 4.06. The monoisotopic (exact) mass is 311 g/mol. The van der Waals surface area contributed by atoms with Gasteiger partial charge in [0.25, 0.3) is 0 Å². The maximum atomic E-state index is 13.0. The number of imidazole rings is 1. The molecule has 23 heavy (non-hydrogen) atoms. The van der Waals surface area contributed by atoms with Gasteiger partial charge in [0.1, 0.15) is 17.3 Å². The lowest BCUT2D eigenvalue weighted by atomic mass is 9.84. The van der Waals surface area contributed by atoms with Crippen LogP contribution >= 0.6 is 0 Å². The van der Waals surface area contributed by atoms with Gasteiger partial charge in [0.2, 0.25) is 0 Å². The molecule has 0 bridgehead atoms. The number of H-pyrrole nitrogens is 1. The van der Waals surface area contributed by atoms with E-state index in [1.807, 2.05) is 24.3 Å². The van der Waals surface area contributed by atoms with Gasteiger partial charge in [-0.15, -0.1) is 10.2 Å². The molecule has 6 heteroatoms. The number of aromatic nitrogens is 4. The Morgan fingerprint density at radius 3 is 2.48 bits per heavy atom. The molecule has 0 radical (unpaired) electrons. The van der Waals surface area contributed by atoms with Gasteiger partial charge >= 0.3 is 0 Å². The van der Waals surface area contributed by atoms with Crippen LogP contribution in [0.4, 0.5) is 10.2 Å². The van der Waals surface area contributed by atoms with Gasteiger partial charge in [0.05, 0.1) is 18.2 Å². The molecule has 0 saturated carbocycles. The maximum Gasteiger partial charge on any atom is 0.148 e. The first-order valence-electron chi connectivity index (χ1n) is 7.37. The molecule has 2 N–H and O–H groups in total. The third kappa shape index (κ3) is 3.53. The Balaban J connectivity index is 1.66. The minimum Gasteiger partial charge on any atom is -0.368 e. The molecule has 5 nitrogen and oxygen atoms in total. The van der Waals surface area contributed by atoms with E-state index in [2.05, 4.69) is 39.3 Å². The SMILES string of the molecule is CC(C)(CNc1ccc(-c2cnc[nH]2)nn1)c1ccc(F)cc1. The van der Waals surface area contributed by atoms with E-state index < -0.39 is 0 Å². The van der Waals surface area contributed by atoms with Gasteiger partial charge in [0, 0.05) is 12.0 Å². The molecule has 0 saturated heterocycles. The van der Waals surface area contributed by atoms with Gasteiger partial charge < -0.3 is 10.3 Å². The Morgan fingerprint density at radius 2 is 1.87 bits per heavy atom. The molecular weight excluding hydrogens is 293 g/mol. The van der Waals surface area contributed by atoms with Crippen LogP contribution in [0, 0.1) is 5.82 Å². The molecule has 0 atom stereocenters. The Labute approximate surface area is 134 Å². The largest absolute Gasteiger partial charge is 0.368 e. The highest BCUT2D eigenvalue weighted by molar-refractivity contribution is 5.53. The van der Waals surface area contributed by atoms with E-state index in [0.717, 1.165) is 17.0 Å². The number of nitrogens with one attached hydrogen (secondary N) is 2. The number of hydrogen-bond donors (Lipinski definition) is 2. The van der Waals surface area contributed by atoms with Gasteiger partial charge in [-0.05, 0) is 29.8 Å². The van der Waals surface area contributed by atoms with Crippen molar-refractivity contribution in [3.05, 3.63) is 60.3 Å². The van der Waals surface area contributed by atoms with Crippen molar-refractivity contribution < 1.29 is 4.39 Å². The second-order valence-corrected chi connectivity index (χ2v) is 6.01. The van der Waals surface area contributed by atoms with Crippen LogP contribution in [0.2, 0.25) is 0 Å². The van der Waals surface area contributed by atoms with Crippen LogP contribution in [0.1, 0.15) is 19.4 Å². The van der Waals surface area contributed by atoms with Crippen LogP contribution in [0.25, 0.3) is 11.4 Å². The first-order valence-corrected chi connectivity index (χ1v) is 7.37. The van der Waals surface area contributed by atoms with Crippen molar-refractivity contribution in [2.24, 2.45) is 0 Å². The summed E-state index contributed by atoms with van der Waals surface area (Å²) < 4.78 is 13.0. The predicted octanol–water partition coefficient (Wildman–Crippen LogP) is 3.40. The quantitative estimate of drug-likeness (QED) is 0.758. The molecule has 0 aliphatic carbocycles. The Hall–Kier alpha value is -2.76. The van der Waals surface area contributed by atoms with Crippen molar-refractivity contribution in [1.29, 1.82) is 0 Å². The number of rotatable bonds is 5. The average molecular weight is 311 g/mol. The van der Waals surface area contributed by atoms with E-state index in [0.29, 0.717) is 12.4 Å². The van der Waals surface area contributed by atoms with Crippen molar-refractivity contribution >= 4 is 5.82 Å². The van der Waals surface area contributed by atoms with Crippen molar-refractivity contribution in [2.75, 3.05) is 11.9 Å². The molecule has 3 rings (SSSR count). The summed E-state index contributed by atoms with van der Waals surface area (Å²) in [4.78, 5) is 6.95. The number of benzene rings is 1. The second-order valence-electron chi connectivity index (χ2n) is 6.01. The summed E-state index contributed by atoms with van der Waals surface area (Å²) in [5.41, 5.74) is 2.48. The summed E-state index contributed by atoms with van der Waals surface area (Å²) >= 11 is 0. The lowest BCUT2D eigenvalue weighted by Crippen LogP contribution is -2.28. The second kappa shape index (κ2) is 6.16. The fourth-order valence-electron chi connectivity index (χ4n) is 2.28. The zero-order chi connectivity index (χ0) is 16.3. The molecule has 0 spiro atoms. The summed E-state index contributed by atoms with van der Waals surface area (Å²) in [6.07, 6.45) is 3.31. The van der Waals surface area contributed by atoms with Crippen LogP contribution in [-0.2, 0) is 5.41 Å². The normalized spacial score (nSPS) is 11.4. The molecule has 0 aliphatic rings. The average Bonchev–Trinajstić information content (AvgIpc) is 3.08. The van der Waals surface area contributed by atoms with Crippen molar-refractivity contribution in [2.45, 2.75) is 19.3 Å². The number of anilines is 1. The topological polar surface area (TPSA) is 66.5 Å². The van der Waals surface area contributed by atoms with Gasteiger partial charge in [-0.1, -0.05) is 26.0 Å². The zero-order valence-corrected chi connectivity index (χ0v) is 13.0. The van der Waals surface area contributed by atoms with Crippen molar-refractivity contribution in [1.82, 2.24) is 20.2 Å².